The van der Waals surface area contributed by atoms with Crippen LogP contribution in [0, 0.1) is 10.1 Å². The minimum Gasteiger partial charge on any atom is -0.403 e. The molecule has 3 aromatic rings. The van der Waals surface area contributed by atoms with Gasteiger partial charge in [0.25, 0.3) is 5.91 Å². The average molecular weight is 406 g/mol. The molecule has 2 heterocycles. The van der Waals surface area contributed by atoms with E-state index in [9.17, 15) is 23.3 Å². The van der Waals surface area contributed by atoms with Gasteiger partial charge in [-0.15, -0.1) is 5.10 Å². The number of anilines is 1. The van der Waals surface area contributed by atoms with Crippen molar-refractivity contribution in [2.24, 2.45) is 0 Å². The van der Waals surface area contributed by atoms with Gasteiger partial charge in [-0.25, -0.2) is 8.42 Å². The van der Waals surface area contributed by atoms with E-state index in [4.69, 9.17) is 8.83 Å². The molecular formula is C16H14N4O7S. The molecule has 3 rings (SSSR count). The minimum atomic E-state index is -3.40. The molecule has 0 aliphatic carbocycles. The van der Waals surface area contributed by atoms with E-state index in [2.05, 4.69) is 15.5 Å². The highest BCUT2D eigenvalue weighted by Crippen LogP contribution is 2.24. The van der Waals surface area contributed by atoms with E-state index in [0.717, 1.165) is 12.1 Å². The quantitative estimate of drug-likeness (QED) is 0.479. The highest BCUT2D eigenvalue weighted by molar-refractivity contribution is 7.92. The summed E-state index contributed by atoms with van der Waals surface area (Å²) in [6.45, 7) is 3.17. The van der Waals surface area contributed by atoms with E-state index >= 15 is 0 Å². The normalized spacial score (nSPS) is 11.5. The van der Waals surface area contributed by atoms with E-state index in [-0.39, 0.29) is 22.6 Å². The SMILES string of the molecule is CC(C)S(=O)(=O)c1ccc(-c2nnc(NC(=O)c3ccc([N+](=O)[O-])o3)o2)cc1. The Morgan fingerprint density at radius 1 is 1.11 bits per heavy atom. The lowest BCUT2D eigenvalue weighted by Crippen LogP contribution is -2.13. The van der Waals surface area contributed by atoms with Crippen molar-refractivity contribution in [1.29, 1.82) is 0 Å². The van der Waals surface area contributed by atoms with Crippen molar-refractivity contribution in [1.82, 2.24) is 10.2 Å². The maximum atomic E-state index is 12.1. The number of aromatic nitrogens is 2. The Bertz CT molecular complexity index is 1130. The molecule has 0 atom stereocenters. The zero-order valence-electron chi connectivity index (χ0n) is 14.6. The van der Waals surface area contributed by atoms with Crippen LogP contribution in [0.4, 0.5) is 11.9 Å². The molecule has 1 N–H and O–H groups in total. The van der Waals surface area contributed by atoms with E-state index in [1.165, 1.54) is 24.3 Å². The van der Waals surface area contributed by atoms with Gasteiger partial charge in [0, 0.05) is 5.56 Å². The number of nitrogens with zero attached hydrogens (tertiary/aromatic N) is 3. The number of carbonyl (C=O) groups is 1. The molecule has 0 saturated heterocycles. The van der Waals surface area contributed by atoms with Crippen molar-refractivity contribution >= 4 is 27.6 Å². The van der Waals surface area contributed by atoms with E-state index in [1.807, 2.05) is 0 Å². The molecule has 0 unspecified atom stereocenters. The Morgan fingerprint density at radius 2 is 1.79 bits per heavy atom. The summed E-state index contributed by atoms with van der Waals surface area (Å²) in [5, 5.41) is 19.7. The first-order valence-electron chi connectivity index (χ1n) is 7.92. The molecule has 0 fully saturated rings. The lowest BCUT2D eigenvalue weighted by atomic mass is 10.2. The molecule has 146 valence electrons. The average Bonchev–Trinajstić information content (AvgIpc) is 3.31. The van der Waals surface area contributed by atoms with Crippen molar-refractivity contribution in [3.8, 4) is 11.5 Å². The van der Waals surface area contributed by atoms with Gasteiger partial charge in [0.15, 0.2) is 15.6 Å². The smallest absolute Gasteiger partial charge is 0.403 e. The second kappa shape index (κ2) is 7.23. The van der Waals surface area contributed by atoms with Crippen molar-refractivity contribution in [3.63, 3.8) is 0 Å². The first-order valence-corrected chi connectivity index (χ1v) is 9.46. The Labute approximate surface area is 158 Å². The summed E-state index contributed by atoms with van der Waals surface area (Å²) < 4.78 is 34.4. The fraction of sp³-hybridized carbons (Fsp3) is 0.188. The molecule has 11 nitrogen and oxygen atoms in total. The third-order valence-corrected chi connectivity index (χ3v) is 5.86. The monoisotopic (exact) mass is 406 g/mol. The van der Waals surface area contributed by atoms with Crippen LogP contribution in [-0.4, -0.2) is 34.7 Å². The number of hydrogen-bond acceptors (Lipinski definition) is 9. The molecule has 2 aromatic heterocycles. The molecule has 0 radical (unpaired) electrons. The number of amides is 1. The van der Waals surface area contributed by atoms with Crippen LogP contribution in [0.5, 0.6) is 0 Å². The minimum absolute atomic E-state index is 0.0502. The van der Waals surface area contributed by atoms with Gasteiger partial charge in [-0.3, -0.25) is 20.2 Å². The van der Waals surface area contributed by atoms with Crippen LogP contribution in [0.15, 0.2) is 50.1 Å². The molecule has 0 spiro atoms. The first-order chi connectivity index (χ1) is 13.2. The summed E-state index contributed by atoms with van der Waals surface area (Å²) in [7, 11) is -3.40. The predicted molar refractivity (Wildman–Crippen MR) is 95.4 cm³/mol. The molecule has 1 amide bonds. The van der Waals surface area contributed by atoms with E-state index in [0.29, 0.717) is 5.56 Å². The van der Waals surface area contributed by atoms with Crippen LogP contribution in [0.2, 0.25) is 0 Å². The number of nitro groups is 1. The lowest BCUT2D eigenvalue weighted by Gasteiger charge is -2.07. The summed E-state index contributed by atoms with van der Waals surface area (Å²) in [4.78, 5) is 22.0. The standard InChI is InChI=1S/C16H14N4O7S/c1-9(2)28(24,25)11-5-3-10(4-6-11)15-18-19-16(27-15)17-14(21)12-7-8-13(26-12)20(22)23/h3-9H,1-2H3,(H,17,19,21). The molecule has 0 aliphatic rings. The third-order valence-electron chi connectivity index (χ3n) is 3.69. The number of hydrogen-bond donors (Lipinski definition) is 1. The third kappa shape index (κ3) is 3.76. The Morgan fingerprint density at radius 3 is 2.36 bits per heavy atom. The maximum Gasteiger partial charge on any atom is 0.433 e. The zero-order chi connectivity index (χ0) is 20.5. The predicted octanol–water partition coefficient (Wildman–Crippen LogP) is 2.67. The van der Waals surface area contributed by atoms with Gasteiger partial charge in [-0.2, -0.15) is 0 Å². The summed E-state index contributed by atoms with van der Waals surface area (Å²) in [6, 6.07) is 7.79. The number of benzene rings is 1. The lowest BCUT2D eigenvalue weighted by molar-refractivity contribution is -0.402. The number of rotatable bonds is 6. The largest absolute Gasteiger partial charge is 0.433 e. The molecule has 12 heteroatoms. The van der Waals surface area contributed by atoms with Crippen molar-refractivity contribution in [3.05, 3.63) is 52.3 Å². The van der Waals surface area contributed by atoms with Crippen LogP contribution < -0.4 is 5.32 Å². The van der Waals surface area contributed by atoms with Gasteiger partial charge in [-0.05, 0) is 44.2 Å². The summed E-state index contributed by atoms with van der Waals surface area (Å²) in [5.74, 6) is -1.63. The summed E-state index contributed by atoms with van der Waals surface area (Å²) in [6.07, 6.45) is 0. The number of furan rings is 1. The second-order valence-corrected chi connectivity index (χ2v) is 8.38. The summed E-state index contributed by atoms with van der Waals surface area (Å²) in [5.41, 5.74) is 0.448. The first kappa shape index (κ1) is 19.2. The van der Waals surface area contributed by atoms with Gasteiger partial charge < -0.3 is 8.83 Å². The molecule has 0 saturated carbocycles. The Hall–Kier alpha value is -3.54. The van der Waals surface area contributed by atoms with Gasteiger partial charge in [0.2, 0.25) is 5.89 Å². The van der Waals surface area contributed by atoms with E-state index < -0.39 is 31.8 Å². The van der Waals surface area contributed by atoms with Crippen LogP contribution in [0.3, 0.4) is 0 Å². The second-order valence-electron chi connectivity index (χ2n) is 5.88. The number of carbonyl (C=O) groups excluding carboxylic acids is 1. The van der Waals surface area contributed by atoms with Crippen molar-refractivity contribution < 1.29 is 27.0 Å². The van der Waals surface area contributed by atoms with Gasteiger partial charge in [0.1, 0.15) is 4.92 Å². The van der Waals surface area contributed by atoms with E-state index in [1.54, 1.807) is 13.8 Å². The Kier molecular flexibility index (Phi) is 4.96. The fourth-order valence-corrected chi connectivity index (χ4v) is 3.22. The number of sulfone groups is 1. The van der Waals surface area contributed by atoms with Crippen LogP contribution in [0.1, 0.15) is 24.4 Å². The molecule has 28 heavy (non-hydrogen) atoms. The maximum absolute atomic E-state index is 12.1. The molecule has 1 aromatic carbocycles. The Balaban J connectivity index is 1.75. The van der Waals surface area contributed by atoms with Crippen LogP contribution in [-0.2, 0) is 9.84 Å². The summed E-state index contributed by atoms with van der Waals surface area (Å²) >= 11 is 0. The van der Waals surface area contributed by atoms with Crippen molar-refractivity contribution in [2.45, 2.75) is 24.0 Å². The van der Waals surface area contributed by atoms with Gasteiger partial charge in [-0.1, -0.05) is 5.10 Å². The van der Waals surface area contributed by atoms with Gasteiger partial charge in [0.05, 0.1) is 16.2 Å². The zero-order valence-corrected chi connectivity index (χ0v) is 15.5. The topological polar surface area (TPSA) is 158 Å². The molecule has 0 bridgehead atoms. The number of nitrogens with one attached hydrogen (secondary N) is 1. The van der Waals surface area contributed by atoms with Crippen LogP contribution >= 0.6 is 0 Å². The fourth-order valence-electron chi connectivity index (χ4n) is 2.16. The van der Waals surface area contributed by atoms with Crippen molar-refractivity contribution in [2.75, 3.05) is 5.32 Å². The molecular weight excluding hydrogens is 392 g/mol. The van der Waals surface area contributed by atoms with Crippen LogP contribution in [0.25, 0.3) is 11.5 Å². The highest BCUT2D eigenvalue weighted by atomic mass is 32.2. The molecule has 0 aliphatic heterocycles. The highest BCUT2D eigenvalue weighted by Gasteiger charge is 2.21. The van der Waals surface area contributed by atoms with Gasteiger partial charge >= 0.3 is 11.9 Å².